The average molecular weight is 276 g/mol. The number of methoxy groups -OCH3 is 1. The van der Waals surface area contributed by atoms with Gasteiger partial charge < -0.3 is 14.8 Å². The fourth-order valence-electron chi connectivity index (χ4n) is 1.70. The van der Waals surface area contributed by atoms with Gasteiger partial charge >= 0.3 is 5.97 Å². The zero-order chi connectivity index (χ0) is 13.9. The standard InChI is InChI=1S/C10H16N2O5S/c1-6-8(10(13)14)12-7(2)9(6)18(15,16)11-4-5-17-3/h11-12H,4-5H2,1-3H3,(H,13,14). The molecule has 0 amide bonds. The summed E-state index contributed by atoms with van der Waals surface area (Å²) in [6.45, 7) is 3.35. The first-order valence-electron chi connectivity index (χ1n) is 5.22. The molecule has 0 unspecified atom stereocenters. The number of carboxylic acids is 1. The number of carboxylic acid groups (broad SMARTS) is 1. The summed E-state index contributed by atoms with van der Waals surface area (Å²) in [7, 11) is -2.27. The molecule has 0 bridgehead atoms. The number of carbonyl (C=O) groups is 1. The number of aromatic nitrogens is 1. The highest BCUT2D eigenvalue weighted by atomic mass is 32.2. The lowest BCUT2D eigenvalue weighted by Crippen LogP contribution is -2.28. The summed E-state index contributed by atoms with van der Waals surface area (Å²) in [5.74, 6) is -1.19. The van der Waals surface area contributed by atoms with Gasteiger partial charge in [-0.3, -0.25) is 0 Å². The van der Waals surface area contributed by atoms with E-state index in [1.54, 1.807) is 0 Å². The first-order chi connectivity index (χ1) is 8.31. The van der Waals surface area contributed by atoms with Crippen LogP contribution in [0.1, 0.15) is 21.7 Å². The van der Waals surface area contributed by atoms with Gasteiger partial charge in [0.25, 0.3) is 0 Å². The minimum atomic E-state index is -3.73. The van der Waals surface area contributed by atoms with Crippen LogP contribution in [-0.2, 0) is 14.8 Å². The molecule has 1 heterocycles. The van der Waals surface area contributed by atoms with E-state index in [1.165, 1.54) is 21.0 Å². The number of rotatable bonds is 6. The maximum absolute atomic E-state index is 12.0. The van der Waals surface area contributed by atoms with Crippen LogP contribution in [0.3, 0.4) is 0 Å². The van der Waals surface area contributed by atoms with Crippen molar-refractivity contribution in [1.29, 1.82) is 0 Å². The molecule has 7 nitrogen and oxygen atoms in total. The van der Waals surface area contributed by atoms with E-state index >= 15 is 0 Å². The average Bonchev–Trinajstić information content (AvgIpc) is 2.55. The molecule has 0 saturated heterocycles. The smallest absolute Gasteiger partial charge is 0.352 e. The molecule has 0 saturated carbocycles. The third-order valence-electron chi connectivity index (χ3n) is 2.45. The molecule has 0 aliphatic heterocycles. The highest BCUT2D eigenvalue weighted by Gasteiger charge is 2.25. The van der Waals surface area contributed by atoms with Crippen molar-refractivity contribution in [3.8, 4) is 0 Å². The number of hydrogen-bond donors (Lipinski definition) is 3. The number of hydrogen-bond acceptors (Lipinski definition) is 4. The monoisotopic (exact) mass is 276 g/mol. The minimum Gasteiger partial charge on any atom is -0.477 e. The lowest BCUT2D eigenvalue weighted by Gasteiger charge is -2.06. The van der Waals surface area contributed by atoms with Crippen LogP contribution in [0, 0.1) is 13.8 Å². The lowest BCUT2D eigenvalue weighted by atomic mass is 10.2. The van der Waals surface area contributed by atoms with Crippen molar-refractivity contribution in [2.24, 2.45) is 0 Å². The lowest BCUT2D eigenvalue weighted by molar-refractivity contribution is 0.0690. The number of aryl methyl sites for hydroxylation is 1. The van der Waals surface area contributed by atoms with E-state index in [4.69, 9.17) is 9.84 Å². The van der Waals surface area contributed by atoms with Gasteiger partial charge in [-0.1, -0.05) is 0 Å². The second kappa shape index (κ2) is 5.51. The van der Waals surface area contributed by atoms with E-state index in [-0.39, 0.29) is 29.3 Å². The Balaban J connectivity index is 3.13. The zero-order valence-corrected chi connectivity index (χ0v) is 11.2. The summed E-state index contributed by atoms with van der Waals surface area (Å²) in [5.41, 5.74) is 0.388. The maximum Gasteiger partial charge on any atom is 0.352 e. The molecule has 1 aromatic heterocycles. The Morgan fingerprint density at radius 1 is 1.44 bits per heavy atom. The molecule has 8 heteroatoms. The second-order valence-corrected chi connectivity index (χ2v) is 5.48. The van der Waals surface area contributed by atoms with E-state index in [1.807, 2.05) is 0 Å². The number of nitrogens with one attached hydrogen (secondary N) is 2. The van der Waals surface area contributed by atoms with E-state index in [2.05, 4.69) is 9.71 Å². The van der Waals surface area contributed by atoms with Gasteiger partial charge in [-0.05, 0) is 13.8 Å². The molecule has 1 rings (SSSR count). The summed E-state index contributed by atoms with van der Waals surface area (Å²) in [6, 6.07) is 0. The van der Waals surface area contributed by atoms with Crippen LogP contribution in [0.5, 0.6) is 0 Å². The summed E-state index contributed by atoms with van der Waals surface area (Å²) in [5, 5.41) is 8.92. The largest absolute Gasteiger partial charge is 0.477 e. The molecule has 0 radical (unpaired) electrons. The van der Waals surface area contributed by atoms with Crippen LogP contribution in [0.25, 0.3) is 0 Å². The van der Waals surface area contributed by atoms with E-state index in [9.17, 15) is 13.2 Å². The van der Waals surface area contributed by atoms with Gasteiger partial charge in [0, 0.05) is 24.9 Å². The van der Waals surface area contributed by atoms with Gasteiger partial charge in [0.2, 0.25) is 10.0 Å². The third-order valence-corrected chi connectivity index (χ3v) is 4.18. The van der Waals surface area contributed by atoms with E-state index in [0.29, 0.717) is 5.69 Å². The summed E-state index contributed by atoms with van der Waals surface area (Å²) >= 11 is 0. The highest BCUT2D eigenvalue weighted by Crippen LogP contribution is 2.22. The molecule has 0 aromatic carbocycles. The van der Waals surface area contributed by atoms with Gasteiger partial charge in [-0.2, -0.15) is 0 Å². The van der Waals surface area contributed by atoms with Crippen molar-refractivity contribution in [3.63, 3.8) is 0 Å². The molecular formula is C10H16N2O5S. The predicted molar refractivity (Wildman–Crippen MR) is 64.3 cm³/mol. The van der Waals surface area contributed by atoms with Crippen LogP contribution >= 0.6 is 0 Å². The number of sulfonamides is 1. The van der Waals surface area contributed by atoms with Crippen molar-refractivity contribution in [1.82, 2.24) is 9.71 Å². The van der Waals surface area contributed by atoms with E-state index < -0.39 is 16.0 Å². The number of aromatic amines is 1. The SMILES string of the molecule is COCCNS(=O)(=O)c1c(C)[nH]c(C(=O)O)c1C. The Hall–Kier alpha value is -1.38. The highest BCUT2D eigenvalue weighted by molar-refractivity contribution is 7.89. The fraction of sp³-hybridized carbons (Fsp3) is 0.500. The van der Waals surface area contributed by atoms with E-state index in [0.717, 1.165) is 0 Å². The molecule has 18 heavy (non-hydrogen) atoms. The minimum absolute atomic E-state index is 0.0176. The van der Waals surface area contributed by atoms with Crippen LogP contribution in [0.2, 0.25) is 0 Å². The normalized spacial score (nSPS) is 11.7. The van der Waals surface area contributed by atoms with Crippen LogP contribution in [-0.4, -0.2) is 44.7 Å². The van der Waals surface area contributed by atoms with Crippen molar-refractivity contribution in [2.45, 2.75) is 18.7 Å². The molecule has 0 fully saturated rings. The van der Waals surface area contributed by atoms with Crippen molar-refractivity contribution in [3.05, 3.63) is 17.0 Å². The molecule has 0 spiro atoms. The van der Waals surface area contributed by atoms with Crippen molar-refractivity contribution < 1.29 is 23.1 Å². The molecular weight excluding hydrogens is 260 g/mol. The second-order valence-electron chi connectivity index (χ2n) is 3.77. The van der Waals surface area contributed by atoms with Gasteiger partial charge in [-0.15, -0.1) is 0 Å². The van der Waals surface area contributed by atoms with Crippen LogP contribution in [0.15, 0.2) is 4.90 Å². The number of ether oxygens (including phenoxy) is 1. The third kappa shape index (κ3) is 2.89. The quantitative estimate of drug-likeness (QED) is 0.646. The first-order valence-corrected chi connectivity index (χ1v) is 6.70. The van der Waals surface area contributed by atoms with Gasteiger partial charge in [0.1, 0.15) is 10.6 Å². The van der Waals surface area contributed by atoms with Crippen molar-refractivity contribution in [2.75, 3.05) is 20.3 Å². The topological polar surface area (TPSA) is 108 Å². The Labute approximate surface area is 105 Å². The Bertz CT molecular complexity index is 547. The van der Waals surface area contributed by atoms with Gasteiger partial charge in [0.05, 0.1) is 6.61 Å². The first kappa shape index (κ1) is 14.7. The Morgan fingerprint density at radius 2 is 2.06 bits per heavy atom. The molecule has 102 valence electrons. The van der Waals surface area contributed by atoms with Crippen LogP contribution < -0.4 is 4.72 Å². The number of H-pyrrole nitrogens is 1. The Morgan fingerprint density at radius 3 is 2.50 bits per heavy atom. The van der Waals surface area contributed by atoms with Gasteiger partial charge in [-0.25, -0.2) is 17.9 Å². The molecule has 0 atom stereocenters. The number of aromatic carboxylic acids is 1. The summed E-state index contributed by atoms with van der Waals surface area (Å²) in [4.78, 5) is 13.4. The molecule has 1 aromatic rings. The zero-order valence-electron chi connectivity index (χ0n) is 10.4. The van der Waals surface area contributed by atoms with Gasteiger partial charge in [0.15, 0.2) is 0 Å². The summed E-state index contributed by atoms with van der Waals surface area (Å²) in [6.07, 6.45) is 0. The summed E-state index contributed by atoms with van der Waals surface area (Å²) < 4.78 is 31.1. The maximum atomic E-state index is 12.0. The van der Waals surface area contributed by atoms with Crippen molar-refractivity contribution >= 4 is 16.0 Å². The fourth-order valence-corrected chi connectivity index (χ4v) is 3.16. The molecule has 0 aliphatic rings. The van der Waals surface area contributed by atoms with Crippen LogP contribution in [0.4, 0.5) is 0 Å². The predicted octanol–water partition coefficient (Wildman–Crippen LogP) is 0.254. The molecule has 3 N–H and O–H groups in total. The molecule has 0 aliphatic carbocycles. The Kier molecular flexibility index (Phi) is 4.49.